The molecule has 1 aliphatic rings. The van der Waals surface area contributed by atoms with E-state index >= 15 is 0 Å². The maximum Gasteiger partial charge on any atom is 0.264 e. The second-order valence-electron chi connectivity index (χ2n) is 4.88. The number of imidazole rings is 1. The molecule has 1 aliphatic heterocycles. The number of rotatable bonds is 2. The Kier molecular flexibility index (Phi) is 3.82. The van der Waals surface area contributed by atoms with Gasteiger partial charge in [0.25, 0.3) is 11.7 Å². The van der Waals surface area contributed by atoms with E-state index in [1.54, 1.807) is 0 Å². The summed E-state index contributed by atoms with van der Waals surface area (Å²) >= 11 is 0. The van der Waals surface area contributed by atoms with Crippen molar-refractivity contribution in [3.05, 3.63) is 18.2 Å². The Morgan fingerprint density at radius 3 is 2.47 bits per heavy atom. The maximum absolute atomic E-state index is 12.2. The first-order valence-electron chi connectivity index (χ1n) is 6.47. The van der Waals surface area contributed by atoms with Gasteiger partial charge >= 0.3 is 0 Å². The van der Waals surface area contributed by atoms with Crippen LogP contribution in [0.4, 0.5) is 0 Å². The molecule has 1 aromatic heterocycles. The Labute approximate surface area is 103 Å². The van der Waals surface area contributed by atoms with E-state index in [2.05, 4.69) is 0 Å². The third kappa shape index (κ3) is 2.87. The molecule has 2 rings (SSSR count). The summed E-state index contributed by atoms with van der Waals surface area (Å²) in [5.41, 5.74) is 0. The first-order valence-corrected chi connectivity index (χ1v) is 6.47. The molecule has 1 amide bonds. The third-order valence-corrected chi connectivity index (χ3v) is 3.66. The molecule has 1 saturated heterocycles. The molecule has 0 saturated carbocycles. The van der Waals surface area contributed by atoms with Crippen LogP contribution >= 0.6 is 0 Å². The van der Waals surface area contributed by atoms with Crippen LogP contribution in [-0.4, -0.2) is 28.5 Å². The van der Waals surface area contributed by atoms with Crippen molar-refractivity contribution >= 4 is 5.91 Å². The van der Waals surface area contributed by atoms with Gasteiger partial charge in [0.05, 0.1) is 7.05 Å². The summed E-state index contributed by atoms with van der Waals surface area (Å²) in [7, 11) is 2.00. The highest BCUT2D eigenvalue weighted by molar-refractivity contribution is 5.76. The molecule has 0 spiro atoms. The van der Waals surface area contributed by atoms with E-state index in [0.29, 0.717) is 6.54 Å². The highest BCUT2D eigenvalue weighted by Crippen LogP contribution is 2.10. The highest BCUT2D eigenvalue weighted by Gasteiger charge is 2.19. The van der Waals surface area contributed by atoms with Gasteiger partial charge in [0.15, 0.2) is 6.54 Å². The molecule has 17 heavy (non-hydrogen) atoms. The van der Waals surface area contributed by atoms with E-state index in [0.717, 1.165) is 31.8 Å². The molecule has 2 heterocycles. The predicted octanol–water partition coefficient (Wildman–Crippen LogP) is 1.02. The number of carbonyl (C=O) groups is 1. The molecule has 4 nitrogen and oxygen atoms in total. The number of aromatic nitrogens is 2. The molecule has 0 aliphatic carbocycles. The van der Waals surface area contributed by atoms with Crippen molar-refractivity contribution in [1.82, 2.24) is 9.47 Å². The Morgan fingerprint density at radius 2 is 1.94 bits per heavy atom. The van der Waals surface area contributed by atoms with Gasteiger partial charge in [-0.3, -0.25) is 4.79 Å². The lowest BCUT2D eigenvalue weighted by molar-refractivity contribution is -0.677. The van der Waals surface area contributed by atoms with E-state index in [4.69, 9.17) is 0 Å². The van der Waals surface area contributed by atoms with E-state index in [9.17, 15) is 4.79 Å². The fourth-order valence-corrected chi connectivity index (χ4v) is 2.33. The van der Waals surface area contributed by atoms with Gasteiger partial charge in [-0.1, -0.05) is 12.8 Å². The summed E-state index contributed by atoms with van der Waals surface area (Å²) < 4.78 is 4.06. The Hall–Kier alpha value is -1.32. The van der Waals surface area contributed by atoms with Gasteiger partial charge in [0.2, 0.25) is 0 Å². The number of hydrogen-bond acceptors (Lipinski definition) is 1. The van der Waals surface area contributed by atoms with Crippen molar-refractivity contribution in [2.45, 2.75) is 39.2 Å². The minimum absolute atomic E-state index is 0.256. The second-order valence-corrected chi connectivity index (χ2v) is 4.88. The van der Waals surface area contributed by atoms with E-state index in [1.807, 2.05) is 40.4 Å². The average Bonchev–Trinajstić information content (AvgIpc) is 2.59. The second kappa shape index (κ2) is 5.34. The van der Waals surface area contributed by atoms with Crippen LogP contribution in [0.5, 0.6) is 0 Å². The van der Waals surface area contributed by atoms with Gasteiger partial charge in [-0.05, 0) is 12.8 Å². The number of aryl methyl sites for hydroxylation is 1. The van der Waals surface area contributed by atoms with Crippen LogP contribution in [0.3, 0.4) is 0 Å². The lowest BCUT2D eigenvalue weighted by Crippen LogP contribution is -2.36. The highest BCUT2D eigenvalue weighted by atomic mass is 16.2. The molecular formula is C13H22N3O+. The summed E-state index contributed by atoms with van der Waals surface area (Å²) in [4.78, 5) is 14.2. The van der Waals surface area contributed by atoms with Crippen LogP contribution < -0.4 is 4.57 Å². The maximum atomic E-state index is 12.2. The van der Waals surface area contributed by atoms with Crippen LogP contribution in [-0.2, 0) is 18.4 Å². The fraction of sp³-hybridized carbons (Fsp3) is 0.692. The molecule has 94 valence electrons. The number of nitrogens with zero attached hydrogens (tertiary/aromatic N) is 3. The summed E-state index contributed by atoms with van der Waals surface area (Å²) in [6.07, 6.45) is 8.81. The van der Waals surface area contributed by atoms with E-state index < -0.39 is 0 Å². The van der Waals surface area contributed by atoms with Gasteiger partial charge in [-0.25, -0.2) is 9.13 Å². The zero-order valence-corrected chi connectivity index (χ0v) is 10.9. The average molecular weight is 236 g/mol. The van der Waals surface area contributed by atoms with Gasteiger partial charge < -0.3 is 4.90 Å². The molecule has 0 aromatic carbocycles. The SMILES string of the molecule is Cc1n(CC(=O)N2CCCCCC2)cc[n+]1C. The molecule has 4 heteroatoms. The van der Waals surface area contributed by atoms with Crippen molar-refractivity contribution in [3.63, 3.8) is 0 Å². The van der Waals surface area contributed by atoms with Crippen molar-refractivity contribution in [2.24, 2.45) is 7.05 Å². The van der Waals surface area contributed by atoms with Gasteiger partial charge in [-0.15, -0.1) is 0 Å². The normalized spacial score (nSPS) is 16.9. The number of carbonyl (C=O) groups excluding carboxylic acids is 1. The fourth-order valence-electron chi connectivity index (χ4n) is 2.33. The topological polar surface area (TPSA) is 29.1 Å². The zero-order valence-electron chi connectivity index (χ0n) is 10.9. The van der Waals surface area contributed by atoms with Crippen molar-refractivity contribution in [2.75, 3.05) is 13.1 Å². The molecule has 0 bridgehead atoms. The summed E-state index contributed by atoms with van der Waals surface area (Å²) in [5, 5.41) is 0. The van der Waals surface area contributed by atoms with E-state index in [1.165, 1.54) is 12.8 Å². The summed E-state index contributed by atoms with van der Waals surface area (Å²) in [5.74, 6) is 1.37. The molecule has 0 N–H and O–H groups in total. The van der Waals surface area contributed by atoms with Crippen LogP contribution in [0.15, 0.2) is 12.4 Å². The number of likely N-dealkylation sites (tertiary alicyclic amines) is 1. The van der Waals surface area contributed by atoms with Crippen LogP contribution in [0.1, 0.15) is 31.5 Å². The lowest BCUT2D eigenvalue weighted by atomic mass is 10.2. The lowest BCUT2D eigenvalue weighted by Gasteiger charge is -2.19. The number of amides is 1. The third-order valence-electron chi connectivity index (χ3n) is 3.66. The van der Waals surface area contributed by atoms with Gasteiger partial charge in [0, 0.05) is 20.0 Å². The predicted molar refractivity (Wildman–Crippen MR) is 65.4 cm³/mol. The largest absolute Gasteiger partial charge is 0.339 e. The molecule has 1 fully saturated rings. The standard InChI is InChI=1S/C13H22N3O/c1-12-14(2)9-10-16(12)11-13(17)15-7-5-3-4-6-8-15/h9-10H,3-8,11H2,1-2H3/q+1. The van der Waals surface area contributed by atoms with E-state index in [-0.39, 0.29) is 5.91 Å². The first kappa shape index (κ1) is 12.1. The quantitative estimate of drug-likeness (QED) is 0.705. The molecule has 1 aromatic rings. The first-order chi connectivity index (χ1) is 8.18. The Bertz CT molecular complexity index is 389. The minimum atomic E-state index is 0.256. The van der Waals surface area contributed by atoms with Crippen LogP contribution in [0, 0.1) is 6.92 Å². The van der Waals surface area contributed by atoms with Crippen molar-refractivity contribution < 1.29 is 9.36 Å². The molecule has 0 radical (unpaired) electrons. The Morgan fingerprint density at radius 1 is 1.29 bits per heavy atom. The van der Waals surface area contributed by atoms with Gasteiger partial charge in [-0.2, -0.15) is 0 Å². The molecule has 0 unspecified atom stereocenters. The minimum Gasteiger partial charge on any atom is -0.339 e. The molecular weight excluding hydrogens is 214 g/mol. The monoisotopic (exact) mass is 236 g/mol. The van der Waals surface area contributed by atoms with Gasteiger partial charge in [0.1, 0.15) is 12.4 Å². The van der Waals surface area contributed by atoms with Crippen LogP contribution in [0.2, 0.25) is 0 Å². The molecule has 0 atom stereocenters. The summed E-state index contributed by atoms with van der Waals surface area (Å²) in [6.45, 7) is 4.39. The number of hydrogen-bond donors (Lipinski definition) is 0. The van der Waals surface area contributed by atoms with Crippen molar-refractivity contribution in [3.8, 4) is 0 Å². The van der Waals surface area contributed by atoms with Crippen LogP contribution in [0.25, 0.3) is 0 Å². The smallest absolute Gasteiger partial charge is 0.264 e. The Balaban J connectivity index is 1.98. The van der Waals surface area contributed by atoms with Crippen molar-refractivity contribution in [1.29, 1.82) is 0 Å². The summed E-state index contributed by atoms with van der Waals surface area (Å²) in [6, 6.07) is 0. The zero-order chi connectivity index (χ0) is 12.3.